The van der Waals surface area contributed by atoms with E-state index in [1.165, 1.54) is 5.56 Å². The summed E-state index contributed by atoms with van der Waals surface area (Å²) in [6, 6.07) is 48.2. The van der Waals surface area contributed by atoms with Gasteiger partial charge in [-0.2, -0.15) is 18.2 Å². The number of hydrogen-bond acceptors (Lipinski definition) is 2. The Morgan fingerprint density at radius 3 is 2.26 bits per heavy atom. The summed E-state index contributed by atoms with van der Waals surface area (Å²) in [4.78, 5) is 4.79. The molecule has 0 unspecified atom stereocenters. The van der Waals surface area contributed by atoms with Crippen molar-refractivity contribution in [1.29, 1.82) is 0 Å². The fourth-order valence-corrected chi connectivity index (χ4v) is 5.93. The minimum Gasteiger partial charge on any atom is -0.510 e. The molecule has 3 heterocycles. The van der Waals surface area contributed by atoms with Gasteiger partial charge in [-0.3, -0.25) is 4.57 Å². The molecule has 0 aliphatic carbocycles. The quantitative estimate of drug-likeness (QED) is 0.129. The van der Waals surface area contributed by atoms with Crippen LogP contribution < -0.4 is 9.30 Å². The van der Waals surface area contributed by atoms with Crippen LogP contribution in [-0.4, -0.2) is 14.1 Å². The first-order valence-electron chi connectivity index (χ1n) is 15.1. The molecule has 0 spiro atoms. The van der Waals surface area contributed by atoms with Gasteiger partial charge in [0.25, 0.3) is 6.33 Å². The van der Waals surface area contributed by atoms with Crippen LogP contribution in [-0.2, 0) is 26.5 Å². The minimum atomic E-state index is -0.00186. The second-order valence-corrected chi connectivity index (χ2v) is 12.2. The number of ether oxygens (including phenoxy) is 1. The van der Waals surface area contributed by atoms with E-state index in [2.05, 4.69) is 115 Å². The van der Waals surface area contributed by atoms with Crippen LogP contribution in [0.3, 0.4) is 0 Å². The van der Waals surface area contributed by atoms with Crippen molar-refractivity contribution in [3.63, 3.8) is 0 Å². The van der Waals surface area contributed by atoms with Crippen molar-refractivity contribution in [3.8, 4) is 28.7 Å². The van der Waals surface area contributed by atoms with Gasteiger partial charge in [0, 0.05) is 44.3 Å². The summed E-state index contributed by atoms with van der Waals surface area (Å²) in [5.74, 6) is 2.06. The zero-order valence-electron chi connectivity index (χ0n) is 25.6. The number of nitrogens with zero attached hydrogens (tertiary/aromatic N) is 4. The molecule has 0 aliphatic heterocycles. The fraction of sp³-hybridized carbons (Fsp3) is 0.100. The summed E-state index contributed by atoms with van der Waals surface area (Å²) >= 11 is 0. The molecule has 0 amide bonds. The third-order valence-electron chi connectivity index (χ3n) is 8.19. The number of rotatable bonds is 5. The van der Waals surface area contributed by atoms with Gasteiger partial charge in [0.15, 0.2) is 0 Å². The van der Waals surface area contributed by atoms with E-state index in [9.17, 15) is 0 Å². The van der Waals surface area contributed by atoms with Crippen molar-refractivity contribution < 1.29 is 30.4 Å². The normalized spacial score (nSPS) is 11.6. The van der Waals surface area contributed by atoms with E-state index < -0.39 is 0 Å². The van der Waals surface area contributed by atoms with E-state index >= 15 is 0 Å². The van der Waals surface area contributed by atoms with Crippen molar-refractivity contribution in [3.05, 3.63) is 152 Å². The summed E-state index contributed by atoms with van der Waals surface area (Å²) in [7, 11) is 0. The smallest absolute Gasteiger partial charge is 0.268 e. The average molecular weight is 778 g/mol. The van der Waals surface area contributed by atoms with Crippen molar-refractivity contribution in [1.82, 2.24) is 14.1 Å². The maximum atomic E-state index is 6.44. The molecule has 8 aromatic rings. The van der Waals surface area contributed by atoms with Crippen LogP contribution in [0, 0.1) is 18.5 Å². The van der Waals surface area contributed by atoms with Crippen molar-refractivity contribution in [2.24, 2.45) is 0 Å². The van der Waals surface area contributed by atoms with Gasteiger partial charge in [-0.1, -0.05) is 87.0 Å². The molecule has 0 bridgehead atoms. The Bertz CT molecular complexity index is 2350. The molecule has 8 rings (SSSR count). The number of benzene rings is 5. The molecule has 0 N–H and O–H groups in total. The summed E-state index contributed by atoms with van der Waals surface area (Å²) in [5, 5.41) is 2.24. The molecule has 228 valence electrons. The molecule has 3 aromatic heterocycles. The number of para-hydroxylation sites is 4. The van der Waals surface area contributed by atoms with Crippen LogP contribution >= 0.6 is 0 Å². The number of hydrogen-bond donors (Lipinski definition) is 0. The zero-order valence-corrected chi connectivity index (χ0v) is 27.9. The topological polar surface area (TPSA) is 35.9 Å². The average Bonchev–Trinajstić information content (AvgIpc) is 3.61. The molecule has 0 fully saturated rings. The first kappa shape index (κ1) is 29.7. The second kappa shape index (κ2) is 11.7. The number of pyridine rings is 1. The van der Waals surface area contributed by atoms with Gasteiger partial charge in [0.1, 0.15) is 5.82 Å². The molecule has 0 radical (unpaired) electrons. The second-order valence-electron chi connectivity index (χ2n) is 12.2. The molecular weight excluding hydrogens is 748 g/mol. The number of fused-ring (bicyclic) bond motifs is 4. The summed E-state index contributed by atoms with van der Waals surface area (Å²) < 4.78 is 12.7. The van der Waals surface area contributed by atoms with Gasteiger partial charge in [-0.05, 0) is 52.4 Å². The van der Waals surface area contributed by atoms with Crippen LogP contribution in [0.15, 0.2) is 128 Å². The molecule has 5 nitrogen and oxygen atoms in total. The van der Waals surface area contributed by atoms with Crippen LogP contribution in [0.4, 0.5) is 0 Å². The van der Waals surface area contributed by atoms with Gasteiger partial charge < -0.3 is 13.9 Å². The SMILES string of the molecule is CC(C)(C)c1ccnc(-n2c3[c-]c(Oc4[c-]c(-n5[c-][n+](-c6ccccc6)c6ccccc65)ccc4)ccc3c3ccccc32)c1.[Pt]. The molecule has 6 heteroatoms. The van der Waals surface area contributed by atoms with E-state index in [1.54, 1.807) is 0 Å². The molecule has 0 aliphatic rings. The Morgan fingerprint density at radius 1 is 0.696 bits per heavy atom. The predicted molar refractivity (Wildman–Crippen MR) is 179 cm³/mol. The first-order valence-corrected chi connectivity index (χ1v) is 15.1. The van der Waals surface area contributed by atoms with Crippen LogP contribution in [0.2, 0.25) is 0 Å². The van der Waals surface area contributed by atoms with Gasteiger partial charge >= 0.3 is 0 Å². The fourth-order valence-electron chi connectivity index (χ4n) is 5.93. The van der Waals surface area contributed by atoms with Gasteiger partial charge in [0.2, 0.25) is 0 Å². The van der Waals surface area contributed by atoms with Crippen LogP contribution in [0.1, 0.15) is 26.3 Å². The minimum absolute atomic E-state index is 0. The van der Waals surface area contributed by atoms with E-state index in [0.717, 1.165) is 50.0 Å². The van der Waals surface area contributed by atoms with Crippen molar-refractivity contribution in [2.45, 2.75) is 26.2 Å². The Morgan fingerprint density at radius 2 is 1.43 bits per heavy atom. The first-order chi connectivity index (χ1) is 21.9. The monoisotopic (exact) mass is 777 g/mol. The molecule has 0 saturated carbocycles. The van der Waals surface area contributed by atoms with Gasteiger partial charge in [-0.25, -0.2) is 4.98 Å². The Kier molecular flexibility index (Phi) is 7.58. The van der Waals surface area contributed by atoms with Gasteiger partial charge in [0.05, 0.1) is 16.7 Å². The number of imidazole rings is 1. The maximum absolute atomic E-state index is 6.44. The summed E-state index contributed by atoms with van der Waals surface area (Å²) in [5.41, 5.74) is 7.17. The molecule has 0 atom stereocenters. The molecule has 5 aromatic carbocycles. The van der Waals surface area contributed by atoms with E-state index in [4.69, 9.17) is 9.72 Å². The van der Waals surface area contributed by atoms with Crippen molar-refractivity contribution >= 4 is 32.8 Å². The largest absolute Gasteiger partial charge is 0.510 e. The molecule has 46 heavy (non-hydrogen) atoms. The van der Waals surface area contributed by atoms with Gasteiger partial charge in [-0.15, -0.1) is 29.7 Å². The zero-order chi connectivity index (χ0) is 30.5. The van der Waals surface area contributed by atoms with Crippen LogP contribution in [0.5, 0.6) is 11.5 Å². The third-order valence-corrected chi connectivity index (χ3v) is 8.19. The number of aromatic nitrogens is 4. The Balaban J connectivity index is 0.00000338. The van der Waals surface area contributed by atoms with Crippen LogP contribution in [0.25, 0.3) is 50.0 Å². The van der Waals surface area contributed by atoms with Crippen molar-refractivity contribution in [2.75, 3.05) is 0 Å². The molecule has 0 saturated heterocycles. The molecular formula is C40H30N4OPt-2. The van der Waals surface area contributed by atoms with E-state index in [0.29, 0.717) is 11.5 Å². The Labute approximate surface area is 282 Å². The standard InChI is InChI=1S/C40H30N4O.Pt/c1-40(2,3)28-22-23-41-39(24-28)44-35-17-8-7-16-33(35)34-21-20-32(26-38(34)44)45-31-15-11-14-30(25-31)43-27-42(29-12-5-4-6-13-29)36-18-9-10-19-37(36)43;/h4-24H,1-3H3;/q-2;. The Hall–Kier alpha value is -4.99. The van der Waals surface area contributed by atoms with E-state index in [1.807, 2.05) is 65.4 Å². The summed E-state index contributed by atoms with van der Waals surface area (Å²) in [6.07, 6.45) is 5.41. The summed E-state index contributed by atoms with van der Waals surface area (Å²) in [6.45, 7) is 6.66. The third kappa shape index (κ3) is 5.21. The van der Waals surface area contributed by atoms with E-state index in [-0.39, 0.29) is 26.5 Å². The maximum Gasteiger partial charge on any atom is 0.268 e. The predicted octanol–water partition coefficient (Wildman–Crippen LogP) is 8.89.